The molecule has 0 saturated heterocycles. The van der Waals surface area contributed by atoms with Crippen LogP contribution in [-0.4, -0.2) is 13.2 Å². The van der Waals surface area contributed by atoms with Gasteiger partial charge in [-0.15, -0.1) is 11.3 Å². The van der Waals surface area contributed by atoms with Gasteiger partial charge < -0.3 is 15.2 Å². The predicted octanol–water partition coefficient (Wildman–Crippen LogP) is 3.49. The molecule has 0 saturated carbocycles. The number of thiophene rings is 1. The summed E-state index contributed by atoms with van der Waals surface area (Å²) in [6, 6.07) is 6.78. The highest BCUT2D eigenvalue weighted by Crippen LogP contribution is 2.30. The summed E-state index contributed by atoms with van der Waals surface area (Å²) in [6.07, 6.45) is 0.804. The molecular weight excluding hydrogens is 265 g/mol. The Morgan fingerprint density at radius 1 is 1.26 bits per heavy atom. The van der Waals surface area contributed by atoms with Gasteiger partial charge in [-0.25, -0.2) is 4.39 Å². The number of ether oxygens (including phenoxy) is 2. The van der Waals surface area contributed by atoms with Gasteiger partial charge in [0.1, 0.15) is 5.75 Å². The lowest BCUT2D eigenvalue weighted by molar-refractivity contribution is 0.305. The highest BCUT2D eigenvalue weighted by atomic mass is 32.1. The lowest BCUT2D eigenvalue weighted by Gasteiger charge is -2.11. The quantitative estimate of drug-likeness (QED) is 0.824. The van der Waals surface area contributed by atoms with E-state index in [-0.39, 0.29) is 11.4 Å². The Bertz CT molecular complexity index is 528. The van der Waals surface area contributed by atoms with Crippen molar-refractivity contribution in [2.24, 2.45) is 0 Å². The minimum atomic E-state index is -0.468. The third-order valence-electron chi connectivity index (χ3n) is 2.55. The second-order valence-electron chi connectivity index (χ2n) is 3.93. The van der Waals surface area contributed by atoms with Crippen molar-refractivity contribution in [1.82, 2.24) is 0 Å². The second kappa shape index (κ2) is 6.43. The van der Waals surface area contributed by atoms with Crippen LogP contribution in [0.25, 0.3) is 0 Å². The molecule has 0 spiro atoms. The summed E-state index contributed by atoms with van der Waals surface area (Å²) in [4.78, 5) is 1.24. The van der Waals surface area contributed by atoms with Crippen molar-refractivity contribution < 1.29 is 13.9 Å². The Hall–Kier alpha value is -1.75. The topological polar surface area (TPSA) is 44.5 Å². The van der Waals surface area contributed by atoms with E-state index >= 15 is 0 Å². The van der Waals surface area contributed by atoms with Gasteiger partial charge in [-0.05, 0) is 18.4 Å². The molecule has 19 heavy (non-hydrogen) atoms. The molecule has 0 unspecified atom stereocenters. The summed E-state index contributed by atoms with van der Waals surface area (Å²) < 4.78 is 24.3. The second-order valence-corrected chi connectivity index (χ2v) is 4.96. The molecule has 1 heterocycles. The maximum Gasteiger partial charge on any atom is 0.167 e. The first-order valence-electron chi connectivity index (χ1n) is 6.07. The molecule has 102 valence electrons. The number of anilines is 1. The molecule has 2 rings (SSSR count). The van der Waals surface area contributed by atoms with E-state index in [4.69, 9.17) is 15.2 Å². The first-order valence-corrected chi connectivity index (χ1v) is 6.95. The molecule has 0 fully saturated rings. The third-order valence-corrected chi connectivity index (χ3v) is 3.49. The lowest BCUT2D eigenvalue weighted by Crippen LogP contribution is -2.04. The van der Waals surface area contributed by atoms with Gasteiger partial charge in [0.25, 0.3) is 0 Å². The van der Waals surface area contributed by atoms with E-state index in [2.05, 4.69) is 0 Å². The van der Waals surface area contributed by atoms with Crippen molar-refractivity contribution in [3.8, 4) is 11.5 Å². The summed E-state index contributed by atoms with van der Waals surface area (Å²) in [6.45, 7) is 2.70. The molecule has 5 heteroatoms. The van der Waals surface area contributed by atoms with Crippen LogP contribution < -0.4 is 15.2 Å². The molecule has 2 N–H and O–H groups in total. The first-order chi connectivity index (χ1) is 9.20. The van der Waals surface area contributed by atoms with Gasteiger partial charge in [-0.1, -0.05) is 6.07 Å². The fourth-order valence-electron chi connectivity index (χ4n) is 1.66. The molecule has 0 atom stereocenters. The van der Waals surface area contributed by atoms with Crippen LogP contribution in [0.15, 0.2) is 29.6 Å². The molecule has 1 aromatic heterocycles. The van der Waals surface area contributed by atoms with Gasteiger partial charge in [0, 0.05) is 23.4 Å². The molecule has 1 aromatic carbocycles. The molecule has 0 aliphatic rings. The van der Waals surface area contributed by atoms with E-state index < -0.39 is 5.82 Å². The van der Waals surface area contributed by atoms with E-state index in [9.17, 15) is 4.39 Å². The SMILES string of the molecule is CCOc1cc(OCCc2cccs2)c(N)cc1F. The summed E-state index contributed by atoms with van der Waals surface area (Å²) in [5.41, 5.74) is 6.01. The molecule has 0 amide bonds. The van der Waals surface area contributed by atoms with Crippen LogP contribution in [0.5, 0.6) is 11.5 Å². The standard InChI is InChI=1S/C14H16FNO2S/c1-2-17-13-9-14(12(16)8-11(13)15)18-6-5-10-4-3-7-19-10/h3-4,7-9H,2,5-6,16H2,1H3. The van der Waals surface area contributed by atoms with Crippen molar-refractivity contribution in [1.29, 1.82) is 0 Å². The van der Waals surface area contributed by atoms with E-state index in [1.54, 1.807) is 18.3 Å². The Morgan fingerprint density at radius 2 is 2.11 bits per heavy atom. The smallest absolute Gasteiger partial charge is 0.167 e. The summed E-state index contributed by atoms with van der Waals surface area (Å²) in [5.74, 6) is 0.161. The molecule has 3 nitrogen and oxygen atoms in total. The van der Waals surface area contributed by atoms with Gasteiger partial charge in [0.05, 0.1) is 18.9 Å². The first kappa shape index (κ1) is 13.7. The fourth-order valence-corrected chi connectivity index (χ4v) is 2.35. The predicted molar refractivity (Wildman–Crippen MR) is 75.5 cm³/mol. The molecule has 0 radical (unpaired) electrons. The average Bonchev–Trinajstić information content (AvgIpc) is 2.88. The number of nitrogen functional groups attached to an aromatic ring is 1. The number of nitrogens with two attached hydrogens (primary N) is 1. The maximum absolute atomic E-state index is 13.5. The number of halogens is 1. The van der Waals surface area contributed by atoms with Crippen molar-refractivity contribution in [3.05, 3.63) is 40.3 Å². The highest BCUT2D eigenvalue weighted by molar-refractivity contribution is 7.09. The van der Waals surface area contributed by atoms with E-state index in [0.29, 0.717) is 19.0 Å². The van der Waals surface area contributed by atoms with E-state index in [1.807, 2.05) is 17.5 Å². The average molecular weight is 281 g/mol. The largest absolute Gasteiger partial charge is 0.491 e. The Kier molecular flexibility index (Phi) is 4.63. The van der Waals surface area contributed by atoms with Crippen LogP contribution in [0.2, 0.25) is 0 Å². The van der Waals surface area contributed by atoms with Crippen LogP contribution in [0.4, 0.5) is 10.1 Å². The Morgan fingerprint density at radius 3 is 2.79 bits per heavy atom. The van der Waals surface area contributed by atoms with Gasteiger partial charge in [-0.3, -0.25) is 0 Å². The maximum atomic E-state index is 13.5. The number of hydrogen-bond donors (Lipinski definition) is 1. The van der Waals surface area contributed by atoms with E-state index in [1.165, 1.54) is 17.0 Å². The molecule has 0 bridgehead atoms. The summed E-state index contributed by atoms with van der Waals surface area (Å²) in [7, 11) is 0. The summed E-state index contributed by atoms with van der Waals surface area (Å²) >= 11 is 1.68. The molecular formula is C14H16FNO2S. The number of benzene rings is 1. The van der Waals surface area contributed by atoms with Gasteiger partial charge in [-0.2, -0.15) is 0 Å². The fraction of sp³-hybridized carbons (Fsp3) is 0.286. The zero-order valence-electron chi connectivity index (χ0n) is 10.7. The van der Waals surface area contributed by atoms with E-state index in [0.717, 1.165) is 6.42 Å². The monoisotopic (exact) mass is 281 g/mol. The highest BCUT2D eigenvalue weighted by Gasteiger charge is 2.10. The van der Waals surface area contributed by atoms with Crippen LogP contribution in [0.3, 0.4) is 0 Å². The zero-order valence-corrected chi connectivity index (χ0v) is 11.5. The number of rotatable bonds is 6. The van der Waals surface area contributed by atoms with Gasteiger partial charge in [0.15, 0.2) is 11.6 Å². The van der Waals surface area contributed by atoms with Crippen molar-refractivity contribution >= 4 is 17.0 Å². The molecule has 2 aromatic rings. The Labute approximate surface area is 115 Å². The lowest BCUT2D eigenvalue weighted by atomic mass is 10.2. The third kappa shape index (κ3) is 3.61. The normalized spacial score (nSPS) is 10.4. The summed E-state index contributed by atoms with van der Waals surface area (Å²) in [5, 5.41) is 2.02. The van der Waals surface area contributed by atoms with Crippen molar-refractivity contribution in [3.63, 3.8) is 0 Å². The van der Waals surface area contributed by atoms with Gasteiger partial charge in [0.2, 0.25) is 0 Å². The van der Waals surface area contributed by atoms with Crippen LogP contribution in [0, 0.1) is 5.82 Å². The van der Waals surface area contributed by atoms with Crippen molar-refractivity contribution in [2.45, 2.75) is 13.3 Å². The van der Waals surface area contributed by atoms with Gasteiger partial charge >= 0.3 is 0 Å². The van der Waals surface area contributed by atoms with Crippen molar-refractivity contribution in [2.75, 3.05) is 18.9 Å². The van der Waals surface area contributed by atoms with Crippen LogP contribution >= 0.6 is 11.3 Å². The minimum Gasteiger partial charge on any atom is -0.491 e. The van der Waals surface area contributed by atoms with Crippen LogP contribution in [-0.2, 0) is 6.42 Å². The van der Waals surface area contributed by atoms with Crippen LogP contribution in [0.1, 0.15) is 11.8 Å². The molecule has 0 aliphatic carbocycles. The number of hydrogen-bond acceptors (Lipinski definition) is 4. The minimum absolute atomic E-state index is 0.169. The Balaban J connectivity index is 2.00. The zero-order chi connectivity index (χ0) is 13.7. The molecule has 0 aliphatic heterocycles.